The van der Waals surface area contributed by atoms with Crippen LogP contribution in [0.25, 0.3) is 16.6 Å². The summed E-state index contributed by atoms with van der Waals surface area (Å²) in [7, 11) is 1.65. The standard InChI is InChI=1S/C18H17NO3/c1-3-22-18(20)14-4-7-16-10-15(12-19(16)11-14)13-5-8-17(21-2)9-6-13/h4-12H,3H2,1-2H3. The summed E-state index contributed by atoms with van der Waals surface area (Å²) < 4.78 is 12.1. The molecule has 3 rings (SSSR count). The van der Waals surface area contributed by atoms with Crippen LogP contribution in [-0.4, -0.2) is 24.1 Å². The highest BCUT2D eigenvalue weighted by molar-refractivity contribution is 5.89. The second kappa shape index (κ2) is 5.93. The van der Waals surface area contributed by atoms with Gasteiger partial charge < -0.3 is 13.9 Å². The van der Waals surface area contributed by atoms with Crippen molar-refractivity contribution in [2.24, 2.45) is 0 Å². The van der Waals surface area contributed by atoms with Crippen molar-refractivity contribution in [3.63, 3.8) is 0 Å². The van der Waals surface area contributed by atoms with Gasteiger partial charge in [-0.15, -0.1) is 0 Å². The van der Waals surface area contributed by atoms with Gasteiger partial charge in [0.2, 0.25) is 0 Å². The van der Waals surface area contributed by atoms with E-state index in [2.05, 4.69) is 6.07 Å². The zero-order valence-corrected chi connectivity index (χ0v) is 12.6. The smallest absolute Gasteiger partial charge is 0.339 e. The number of hydrogen-bond acceptors (Lipinski definition) is 3. The average molecular weight is 295 g/mol. The van der Waals surface area contributed by atoms with Gasteiger partial charge in [-0.25, -0.2) is 4.79 Å². The molecule has 4 nitrogen and oxygen atoms in total. The Balaban J connectivity index is 1.96. The molecule has 0 aliphatic carbocycles. The first kappa shape index (κ1) is 14.2. The van der Waals surface area contributed by atoms with Gasteiger partial charge in [-0.3, -0.25) is 0 Å². The summed E-state index contributed by atoms with van der Waals surface area (Å²) in [5, 5.41) is 0. The van der Waals surface area contributed by atoms with Crippen LogP contribution in [-0.2, 0) is 4.74 Å². The molecule has 0 saturated heterocycles. The van der Waals surface area contributed by atoms with Crippen LogP contribution in [0.5, 0.6) is 5.75 Å². The lowest BCUT2D eigenvalue weighted by Gasteiger charge is -2.02. The molecule has 0 aliphatic heterocycles. The first-order valence-electron chi connectivity index (χ1n) is 7.14. The normalized spacial score (nSPS) is 10.6. The van der Waals surface area contributed by atoms with Gasteiger partial charge in [-0.05, 0) is 42.8 Å². The lowest BCUT2D eigenvalue weighted by molar-refractivity contribution is 0.0526. The Morgan fingerprint density at radius 2 is 1.82 bits per heavy atom. The highest BCUT2D eigenvalue weighted by atomic mass is 16.5. The van der Waals surface area contributed by atoms with E-state index in [1.54, 1.807) is 26.3 Å². The number of fused-ring (bicyclic) bond motifs is 1. The largest absolute Gasteiger partial charge is 0.497 e. The van der Waals surface area contributed by atoms with Crippen LogP contribution >= 0.6 is 0 Å². The molecule has 22 heavy (non-hydrogen) atoms. The minimum absolute atomic E-state index is 0.302. The van der Waals surface area contributed by atoms with Crippen LogP contribution in [0.15, 0.2) is 54.9 Å². The number of benzene rings is 1. The Hall–Kier alpha value is -2.75. The van der Waals surface area contributed by atoms with Crippen LogP contribution in [0.4, 0.5) is 0 Å². The molecule has 3 aromatic rings. The number of pyridine rings is 1. The Morgan fingerprint density at radius 3 is 2.50 bits per heavy atom. The van der Waals surface area contributed by atoms with Gasteiger partial charge in [0.1, 0.15) is 5.75 Å². The zero-order valence-electron chi connectivity index (χ0n) is 12.6. The van der Waals surface area contributed by atoms with Crippen LogP contribution in [0.2, 0.25) is 0 Å². The van der Waals surface area contributed by atoms with Gasteiger partial charge in [-0.2, -0.15) is 0 Å². The predicted octanol–water partition coefficient (Wildman–Crippen LogP) is 3.79. The van der Waals surface area contributed by atoms with Gasteiger partial charge >= 0.3 is 5.97 Å². The number of aromatic nitrogens is 1. The molecule has 0 fully saturated rings. The first-order chi connectivity index (χ1) is 10.7. The number of carbonyl (C=O) groups excluding carboxylic acids is 1. The van der Waals surface area contributed by atoms with E-state index in [-0.39, 0.29) is 5.97 Å². The average Bonchev–Trinajstić information content (AvgIpc) is 2.98. The number of ether oxygens (including phenoxy) is 2. The van der Waals surface area contributed by atoms with Crippen molar-refractivity contribution in [1.82, 2.24) is 4.40 Å². The number of hydrogen-bond donors (Lipinski definition) is 0. The molecule has 0 saturated carbocycles. The molecule has 112 valence electrons. The predicted molar refractivity (Wildman–Crippen MR) is 85.3 cm³/mol. The van der Waals surface area contributed by atoms with E-state index >= 15 is 0 Å². The lowest BCUT2D eigenvalue weighted by atomic mass is 10.1. The third kappa shape index (κ3) is 2.68. The highest BCUT2D eigenvalue weighted by Crippen LogP contribution is 2.25. The highest BCUT2D eigenvalue weighted by Gasteiger charge is 2.09. The van der Waals surface area contributed by atoms with Gasteiger partial charge in [0.15, 0.2) is 0 Å². The van der Waals surface area contributed by atoms with Crippen molar-refractivity contribution in [1.29, 1.82) is 0 Å². The summed E-state index contributed by atoms with van der Waals surface area (Å²) in [4.78, 5) is 11.8. The van der Waals surface area contributed by atoms with Crippen molar-refractivity contribution < 1.29 is 14.3 Å². The maximum Gasteiger partial charge on any atom is 0.339 e. The Labute approximate surface area is 128 Å². The molecule has 0 aliphatic rings. The molecule has 2 heterocycles. The van der Waals surface area contributed by atoms with E-state index in [1.165, 1.54) is 0 Å². The second-order valence-electron chi connectivity index (χ2n) is 4.93. The van der Waals surface area contributed by atoms with E-state index < -0.39 is 0 Å². The van der Waals surface area contributed by atoms with Crippen LogP contribution in [0.3, 0.4) is 0 Å². The zero-order chi connectivity index (χ0) is 15.5. The second-order valence-corrected chi connectivity index (χ2v) is 4.93. The van der Waals surface area contributed by atoms with Gasteiger partial charge in [-0.1, -0.05) is 12.1 Å². The molecule has 0 unspecified atom stereocenters. The molecule has 0 spiro atoms. The minimum Gasteiger partial charge on any atom is -0.497 e. The first-order valence-corrected chi connectivity index (χ1v) is 7.14. The number of nitrogens with zero attached hydrogens (tertiary/aromatic N) is 1. The minimum atomic E-state index is -0.302. The quantitative estimate of drug-likeness (QED) is 0.687. The molecular formula is C18H17NO3. The number of rotatable bonds is 4. The summed E-state index contributed by atoms with van der Waals surface area (Å²) in [6, 6.07) is 13.7. The molecular weight excluding hydrogens is 278 g/mol. The molecule has 0 amide bonds. The van der Waals surface area contributed by atoms with Crippen LogP contribution < -0.4 is 4.74 Å². The number of esters is 1. The van der Waals surface area contributed by atoms with Crippen molar-refractivity contribution in [3.8, 4) is 16.9 Å². The van der Waals surface area contributed by atoms with E-state index in [0.29, 0.717) is 12.2 Å². The Morgan fingerprint density at radius 1 is 1.05 bits per heavy atom. The SMILES string of the molecule is CCOC(=O)c1ccc2cc(-c3ccc(OC)cc3)cn2c1. The number of methoxy groups -OCH3 is 1. The van der Waals surface area contributed by atoms with Gasteiger partial charge in [0.05, 0.1) is 19.3 Å². The fourth-order valence-corrected chi connectivity index (χ4v) is 2.39. The third-order valence-corrected chi connectivity index (χ3v) is 3.53. The molecule has 2 aromatic heterocycles. The summed E-state index contributed by atoms with van der Waals surface area (Å²) in [6.45, 7) is 2.17. The van der Waals surface area contributed by atoms with Crippen LogP contribution in [0, 0.1) is 0 Å². The summed E-state index contributed by atoms with van der Waals surface area (Å²) in [5.74, 6) is 0.529. The fraction of sp³-hybridized carbons (Fsp3) is 0.167. The van der Waals surface area contributed by atoms with E-state index in [1.807, 2.05) is 40.9 Å². The third-order valence-electron chi connectivity index (χ3n) is 3.53. The number of carbonyl (C=O) groups is 1. The van der Waals surface area contributed by atoms with Crippen LogP contribution in [0.1, 0.15) is 17.3 Å². The molecule has 4 heteroatoms. The van der Waals surface area contributed by atoms with E-state index in [4.69, 9.17) is 9.47 Å². The summed E-state index contributed by atoms with van der Waals surface area (Å²) in [6.07, 6.45) is 3.79. The topological polar surface area (TPSA) is 39.9 Å². The van der Waals surface area contributed by atoms with Crippen molar-refractivity contribution in [3.05, 3.63) is 60.4 Å². The van der Waals surface area contributed by atoms with E-state index in [9.17, 15) is 4.79 Å². The van der Waals surface area contributed by atoms with E-state index in [0.717, 1.165) is 22.4 Å². The van der Waals surface area contributed by atoms with Crippen molar-refractivity contribution in [2.45, 2.75) is 6.92 Å². The molecule has 0 radical (unpaired) electrons. The molecule has 1 aromatic carbocycles. The van der Waals surface area contributed by atoms with Gasteiger partial charge in [0, 0.05) is 23.5 Å². The Kier molecular flexibility index (Phi) is 3.83. The molecule has 0 bridgehead atoms. The van der Waals surface area contributed by atoms with Crippen molar-refractivity contribution in [2.75, 3.05) is 13.7 Å². The maximum atomic E-state index is 11.8. The van der Waals surface area contributed by atoms with Gasteiger partial charge in [0.25, 0.3) is 0 Å². The summed E-state index contributed by atoms with van der Waals surface area (Å²) >= 11 is 0. The summed E-state index contributed by atoms with van der Waals surface area (Å²) in [5.41, 5.74) is 3.76. The fourth-order valence-electron chi connectivity index (χ4n) is 2.39. The molecule has 0 atom stereocenters. The monoisotopic (exact) mass is 295 g/mol. The maximum absolute atomic E-state index is 11.8. The lowest BCUT2D eigenvalue weighted by Crippen LogP contribution is -2.05. The Bertz CT molecular complexity index is 803. The molecule has 0 N–H and O–H groups in total. The van der Waals surface area contributed by atoms with Crippen molar-refractivity contribution >= 4 is 11.5 Å².